The van der Waals surface area contributed by atoms with Crippen LogP contribution in [0.25, 0.3) is 0 Å². The number of nitrogen functional groups attached to an aromatic ring is 1. The van der Waals surface area contributed by atoms with E-state index in [9.17, 15) is 4.79 Å². The maximum Gasteiger partial charge on any atom is 0.313 e. The van der Waals surface area contributed by atoms with Gasteiger partial charge in [0.1, 0.15) is 0 Å². The molecule has 3 N–H and O–H groups in total. The molecule has 102 valence electrons. The van der Waals surface area contributed by atoms with Gasteiger partial charge in [-0.1, -0.05) is 11.8 Å². The zero-order valence-corrected chi connectivity index (χ0v) is 11.5. The van der Waals surface area contributed by atoms with Gasteiger partial charge in [-0.2, -0.15) is 0 Å². The van der Waals surface area contributed by atoms with E-state index in [1.54, 1.807) is 4.57 Å². The lowest BCUT2D eigenvalue weighted by Crippen LogP contribution is -2.14. The molecule has 0 bridgehead atoms. The lowest BCUT2D eigenvalue weighted by atomic mass is 10.3. The van der Waals surface area contributed by atoms with Crippen LogP contribution in [0.2, 0.25) is 0 Å². The number of nitrogens with two attached hydrogens (primary N) is 1. The van der Waals surface area contributed by atoms with Crippen molar-refractivity contribution in [2.24, 2.45) is 0 Å². The summed E-state index contributed by atoms with van der Waals surface area (Å²) in [5.74, 6) is -0.566. The molecule has 1 aromatic heterocycles. The highest BCUT2D eigenvalue weighted by molar-refractivity contribution is 7.99. The molecule has 0 aliphatic rings. The third-order valence-corrected chi connectivity index (χ3v) is 3.26. The van der Waals surface area contributed by atoms with Crippen molar-refractivity contribution in [3.05, 3.63) is 0 Å². The van der Waals surface area contributed by atoms with E-state index in [-0.39, 0.29) is 5.75 Å². The number of aliphatic carboxylic acids is 1. The fourth-order valence-corrected chi connectivity index (χ4v) is 2.13. The first kappa shape index (κ1) is 14.8. The quantitative estimate of drug-likeness (QED) is 0.522. The molecule has 0 aliphatic heterocycles. The summed E-state index contributed by atoms with van der Waals surface area (Å²) in [5, 5.41) is 16.9. The lowest BCUT2D eigenvalue weighted by molar-refractivity contribution is -0.133. The highest BCUT2D eigenvalue weighted by atomic mass is 32.2. The zero-order valence-electron chi connectivity index (χ0n) is 10.7. The number of hydrogen-bond donors (Lipinski definition) is 2. The molecule has 1 heterocycles. The van der Waals surface area contributed by atoms with Crippen molar-refractivity contribution in [2.75, 3.05) is 32.1 Å². The molecule has 0 radical (unpaired) electrons. The van der Waals surface area contributed by atoms with Crippen LogP contribution in [0, 0.1) is 0 Å². The first-order valence-electron chi connectivity index (χ1n) is 5.68. The zero-order chi connectivity index (χ0) is 13.5. The van der Waals surface area contributed by atoms with Crippen LogP contribution in [0.1, 0.15) is 12.8 Å². The second-order valence-electron chi connectivity index (χ2n) is 4.19. The summed E-state index contributed by atoms with van der Waals surface area (Å²) in [5.41, 5.74) is 5.71. The first-order valence-corrected chi connectivity index (χ1v) is 6.67. The molecule has 0 aromatic carbocycles. The molecule has 0 spiro atoms. The molecule has 8 heteroatoms. The molecule has 0 saturated heterocycles. The fraction of sp³-hybridized carbons (Fsp3) is 0.700. The van der Waals surface area contributed by atoms with Gasteiger partial charge in [-0.05, 0) is 33.5 Å². The van der Waals surface area contributed by atoms with Crippen molar-refractivity contribution in [1.82, 2.24) is 19.7 Å². The smallest absolute Gasteiger partial charge is 0.313 e. The predicted molar refractivity (Wildman–Crippen MR) is 70.6 cm³/mol. The summed E-state index contributed by atoms with van der Waals surface area (Å²) < 4.78 is 1.77. The van der Waals surface area contributed by atoms with Gasteiger partial charge < -0.3 is 15.7 Å². The van der Waals surface area contributed by atoms with Gasteiger partial charge in [0.2, 0.25) is 5.95 Å². The average molecular weight is 273 g/mol. The van der Waals surface area contributed by atoms with Gasteiger partial charge >= 0.3 is 5.97 Å². The highest BCUT2D eigenvalue weighted by Gasteiger charge is 2.11. The Kier molecular flexibility index (Phi) is 5.93. The minimum atomic E-state index is -0.874. The molecule has 0 amide bonds. The van der Waals surface area contributed by atoms with Crippen LogP contribution >= 0.6 is 11.8 Å². The topological polar surface area (TPSA) is 97.3 Å². The van der Waals surface area contributed by atoms with Gasteiger partial charge in [0.05, 0.1) is 5.75 Å². The Morgan fingerprint density at radius 1 is 1.44 bits per heavy atom. The van der Waals surface area contributed by atoms with Crippen LogP contribution in [-0.2, 0) is 11.3 Å². The Labute approximate surface area is 110 Å². The Morgan fingerprint density at radius 2 is 2.17 bits per heavy atom. The van der Waals surface area contributed by atoms with Gasteiger partial charge in [-0.3, -0.25) is 9.36 Å². The molecule has 7 nitrogen and oxygen atoms in total. The number of nitrogens with zero attached hydrogens (tertiary/aromatic N) is 4. The fourth-order valence-electron chi connectivity index (χ4n) is 1.44. The Morgan fingerprint density at radius 3 is 2.78 bits per heavy atom. The molecule has 0 fully saturated rings. The number of anilines is 1. The van der Waals surface area contributed by atoms with Crippen LogP contribution in [0.5, 0.6) is 0 Å². The highest BCUT2D eigenvalue weighted by Crippen LogP contribution is 2.18. The molecule has 1 rings (SSSR count). The molecule has 0 aliphatic carbocycles. The molecule has 0 atom stereocenters. The standard InChI is InChI=1S/C10H19N5O2S/c1-14(2)5-3-4-6-15-9(11)12-13-10(15)18-7-8(16)17/h3-7H2,1-2H3,(H2,11,12)(H,16,17). The predicted octanol–water partition coefficient (Wildman–Crippen LogP) is 0.379. The first-order chi connectivity index (χ1) is 8.50. The number of carboxylic acids is 1. The summed E-state index contributed by atoms with van der Waals surface area (Å²) >= 11 is 1.14. The van der Waals surface area contributed by atoms with Crippen molar-refractivity contribution in [3.63, 3.8) is 0 Å². The number of rotatable bonds is 8. The molecule has 18 heavy (non-hydrogen) atoms. The number of carboxylic acid groups (broad SMARTS) is 1. The van der Waals surface area contributed by atoms with Gasteiger partial charge in [-0.15, -0.1) is 10.2 Å². The normalized spacial score (nSPS) is 11.1. The molecule has 1 aromatic rings. The number of carbonyl (C=O) groups is 1. The van der Waals surface area contributed by atoms with E-state index in [2.05, 4.69) is 15.1 Å². The monoisotopic (exact) mass is 273 g/mol. The van der Waals surface area contributed by atoms with Crippen molar-refractivity contribution < 1.29 is 9.90 Å². The largest absolute Gasteiger partial charge is 0.481 e. The minimum Gasteiger partial charge on any atom is -0.481 e. The molecule has 0 saturated carbocycles. The summed E-state index contributed by atoms with van der Waals surface area (Å²) in [6.45, 7) is 1.73. The summed E-state index contributed by atoms with van der Waals surface area (Å²) in [6, 6.07) is 0. The van der Waals surface area contributed by atoms with Crippen LogP contribution in [0.4, 0.5) is 5.95 Å². The van der Waals surface area contributed by atoms with E-state index in [4.69, 9.17) is 10.8 Å². The maximum absolute atomic E-state index is 10.5. The average Bonchev–Trinajstić information content (AvgIpc) is 2.63. The molecule has 0 unspecified atom stereocenters. The molecular formula is C10H19N5O2S. The van der Waals surface area contributed by atoms with E-state index < -0.39 is 5.97 Å². The summed E-state index contributed by atoms with van der Waals surface area (Å²) in [6.07, 6.45) is 2.01. The van der Waals surface area contributed by atoms with Crippen molar-refractivity contribution in [2.45, 2.75) is 24.5 Å². The van der Waals surface area contributed by atoms with E-state index in [0.29, 0.717) is 17.6 Å². The number of hydrogen-bond acceptors (Lipinski definition) is 6. The number of unbranched alkanes of at least 4 members (excludes halogenated alkanes) is 1. The van der Waals surface area contributed by atoms with Gasteiger partial charge in [0.15, 0.2) is 5.16 Å². The van der Waals surface area contributed by atoms with Crippen molar-refractivity contribution in [1.29, 1.82) is 0 Å². The molecular weight excluding hydrogens is 254 g/mol. The van der Waals surface area contributed by atoms with Crippen LogP contribution in [0.3, 0.4) is 0 Å². The lowest BCUT2D eigenvalue weighted by Gasteiger charge is -2.10. The third kappa shape index (κ3) is 4.92. The number of thioether (sulfide) groups is 1. The van der Waals surface area contributed by atoms with Crippen LogP contribution in [-0.4, -0.2) is 57.1 Å². The van der Waals surface area contributed by atoms with E-state index in [0.717, 1.165) is 31.1 Å². The van der Waals surface area contributed by atoms with E-state index in [1.165, 1.54) is 0 Å². The third-order valence-electron chi connectivity index (χ3n) is 2.31. The second kappa shape index (κ2) is 7.22. The van der Waals surface area contributed by atoms with Crippen LogP contribution in [0.15, 0.2) is 5.16 Å². The minimum absolute atomic E-state index is 0.0319. The van der Waals surface area contributed by atoms with Gasteiger partial charge in [0, 0.05) is 6.54 Å². The summed E-state index contributed by atoms with van der Waals surface area (Å²) in [4.78, 5) is 12.6. The van der Waals surface area contributed by atoms with Gasteiger partial charge in [-0.25, -0.2) is 0 Å². The maximum atomic E-state index is 10.5. The summed E-state index contributed by atoms with van der Waals surface area (Å²) in [7, 11) is 4.06. The van der Waals surface area contributed by atoms with Crippen molar-refractivity contribution in [3.8, 4) is 0 Å². The van der Waals surface area contributed by atoms with Crippen molar-refractivity contribution >= 4 is 23.7 Å². The van der Waals surface area contributed by atoms with E-state index in [1.807, 2.05) is 14.1 Å². The number of aromatic nitrogens is 3. The SMILES string of the molecule is CN(C)CCCCn1c(N)nnc1SCC(=O)O. The van der Waals surface area contributed by atoms with Crippen LogP contribution < -0.4 is 5.73 Å². The Hall–Kier alpha value is -1.28. The Balaban J connectivity index is 2.47. The van der Waals surface area contributed by atoms with E-state index >= 15 is 0 Å². The second-order valence-corrected chi connectivity index (χ2v) is 5.13. The van der Waals surface area contributed by atoms with Gasteiger partial charge in [0.25, 0.3) is 0 Å². The Bertz CT molecular complexity index is 394.